The van der Waals surface area contributed by atoms with E-state index in [1.54, 1.807) is 0 Å². The molecule has 2 aromatic carbocycles. The van der Waals surface area contributed by atoms with Crippen LogP contribution in [0.1, 0.15) is 82.3 Å². The first-order valence-corrected chi connectivity index (χ1v) is 10.3. The third kappa shape index (κ3) is 6.69. The van der Waals surface area contributed by atoms with Gasteiger partial charge in [0.05, 0.1) is 0 Å². The second-order valence-electron chi connectivity index (χ2n) is 7.15. The van der Waals surface area contributed by atoms with Crippen LogP contribution in [0.2, 0.25) is 0 Å². The Morgan fingerprint density at radius 1 is 0.800 bits per heavy atom. The van der Waals surface area contributed by atoms with Gasteiger partial charge in [-0.3, -0.25) is 0 Å². The maximum absolute atomic E-state index is 3.84. The Labute approximate surface area is 155 Å². The van der Waals surface area contributed by atoms with Gasteiger partial charge in [-0.1, -0.05) is 127 Å². The van der Waals surface area contributed by atoms with Gasteiger partial charge in [0.2, 0.25) is 0 Å². The lowest BCUT2D eigenvalue weighted by molar-refractivity contribution is 0.566. The highest BCUT2D eigenvalue weighted by atomic mass is 14.1. The summed E-state index contributed by atoms with van der Waals surface area (Å²) in [5.74, 6) is 0. The highest BCUT2D eigenvalue weighted by Crippen LogP contribution is 2.27. The van der Waals surface area contributed by atoms with Crippen molar-refractivity contribution in [2.45, 2.75) is 77.6 Å². The molecule has 0 spiro atoms. The van der Waals surface area contributed by atoms with E-state index in [1.165, 1.54) is 79.7 Å². The zero-order chi connectivity index (χ0) is 17.7. The average Bonchev–Trinajstić information content (AvgIpc) is 2.65. The number of benzene rings is 2. The van der Waals surface area contributed by atoms with Crippen molar-refractivity contribution < 1.29 is 0 Å². The molecule has 1 radical (unpaired) electrons. The van der Waals surface area contributed by atoms with Crippen molar-refractivity contribution in [2.24, 2.45) is 0 Å². The van der Waals surface area contributed by atoms with E-state index in [2.05, 4.69) is 62.4 Å². The van der Waals surface area contributed by atoms with Crippen LogP contribution in [0.5, 0.6) is 0 Å². The molecule has 0 aromatic heterocycles. The van der Waals surface area contributed by atoms with Crippen molar-refractivity contribution in [3.63, 3.8) is 0 Å². The second kappa shape index (κ2) is 11.9. The van der Waals surface area contributed by atoms with Crippen LogP contribution in [-0.2, 0) is 6.42 Å². The number of rotatable bonds is 9. The lowest BCUT2D eigenvalue weighted by Crippen LogP contribution is -1.91. The van der Waals surface area contributed by atoms with Gasteiger partial charge in [0.1, 0.15) is 0 Å². The molecular weight excluding hydrogens is 300 g/mol. The molecule has 0 saturated heterocycles. The van der Waals surface area contributed by atoms with E-state index in [0.29, 0.717) is 0 Å². The van der Waals surface area contributed by atoms with Crippen molar-refractivity contribution in [3.8, 4) is 0 Å². The Bertz CT molecular complexity index is 620. The number of unbranched alkanes of at least 4 members (excludes halogenated alkanes) is 9. The Hall–Kier alpha value is -1.56. The van der Waals surface area contributed by atoms with E-state index in [4.69, 9.17) is 0 Å². The van der Waals surface area contributed by atoms with Gasteiger partial charge < -0.3 is 0 Å². The molecule has 0 unspecified atom stereocenters. The normalized spacial score (nSPS) is 12.1. The first-order chi connectivity index (χ1) is 12.4. The quantitative estimate of drug-likeness (QED) is 0.405. The lowest BCUT2D eigenvalue weighted by atomic mass is 9.93. The fourth-order valence-corrected chi connectivity index (χ4v) is 3.56. The van der Waals surface area contributed by atoms with E-state index in [1.807, 2.05) is 0 Å². The summed E-state index contributed by atoms with van der Waals surface area (Å²) in [7, 11) is 0. The van der Waals surface area contributed by atoms with Crippen molar-refractivity contribution >= 4 is 16.8 Å². The van der Waals surface area contributed by atoms with Crippen LogP contribution in [0.15, 0.2) is 42.5 Å². The van der Waals surface area contributed by atoms with Gasteiger partial charge >= 0.3 is 0 Å². The minimum Gasteiger partial charge on any atom is -0.0795 e. The molecule has 0 heteroatoms. The predicted molar refractivity (Wildman–Crippen MR) is 114 cm³/mol. The maximum Gasteiger partial charge on any atom is -0.00763 e. The van der Waals surface area contributed by atoms with Crippen LogP contribution in [-0.4, -0.2) is 0 Å². The molecule has 0 N–H and O–H groups in total. The van der Waals surface area contributed by atoms with E-state index in [0.717, 1.165) is 12.8 Å². The predicted octanol–water partition coefficient (Wildman–Crippen LogP) is 8.15. The Balaban J connectivity index is 0.000000182. The average molecular weight is 336 g/mol. The van der Waals surface area contributed by atoms with Crippen LogP contribution in [0, 0.1) is 6.92 Å². The van der Waals surface area contributed by atoms with Gasteiger partial charge in [0.15, 0.2) is 0 Å². The van der Waals surface area contributed by atoms with Gasteiger partial charge in [-0.05, 0) is 28.3 Å². The smallest absolute Gasteiger partial charge is 0.00763 e. The molecule has 0 fully saturated rings. The van der Waals surface area contributed by atoms with Crippen LogP contribution in [0.4, 0.5) is 0 Å². The third-order valence-electron chi connectivity index (χ3n) is 5.01. The van der Waals surface area contributed by atoms with Crippen molar-refractivity contribution in [3.05, 3.63) is 60.5 Å². The van der Waals surface area contributed by atoms with Crippen molar-refractivity contribution in [1.29, 1.82) is 0 Å². The zero-order valence-electron chi connectivity index (χ0n) is 16.1. The van der Waals surface area contributed by atoms with Gasteiger partial charge in [0.25, 0.3) is 0 Å². The fourth-order valence-electron chi connectivity index (χ4n) is 3.56. The second-order valence-corrected chi connectivity index (χ2v) is 7.15. The summed E-state index contributed by atoms with van der Waals surface area (Å²) in [6.45, 7) is 6.12. The van der Waals surface area contributed by atoms with Crippen LogP contribution in [0.25, 0.3) is 16.8 Å². The van der Waals surface area contributed by atoms with Crippen molar-refractivity contribution in [1.82, 2.24) is 0 Å². The highest BCUT2D eigenvalue weighted by molar-refractivity contribution is 5.94. The van der Waals surface area contributed by atoms with E-state index >= 15 is 0 Å². The summed E-state index contributed by atoms with van der Waals surface area (Å²) in [5, 5.41) is 2.80. The summed E-state index contributed by atoms with van der Waals surface area (Å²) in [5.41, 5.74) is 2.81. The summed E-state index contributed by atoms with van der Waals surface area (Å²) in [6.07, 6.45) is 19.4. The molecule has 135 valence electrons. The molecular formula is C25H35. The Morgan fingerprint density at radius 3 is 2.12 bits per heavy atom. The van der Waals surface area contributed by atoms with E-state index < -0.39 is 0 Å². The topological polar surface area (TPSA) is 0 Å². The third-order valence-corrected chi connectivity index (χ3v) is 5.01. The molecule has 0 nitrogen and oxygen atoms in total. The minimum atomic E-state index is 1.08. The first kappa shape index (κ1) is 19.8. The number of hydrogen-bond donors (Lipinski definition) is 0. The zero-order valence-corrected chi connectivity index (χ0v) is 16.1. The lowest BCUT2D eigenvalue weighted by Gasteiger charge is -2.11. The minimum absolute atomic E-state index is 1.08. The summed E-state index contributed by atoms with van der Waals surface area (Å²) >= 11 is 0. The molecule has 0 amide bonds. The molecule has 0 heterocycles. The molecule has 0 bridgehead atoms. The van der Waals surface area contributed by atoms with Gasteiger partial charge in [0, 0.05) is 0 Å². The van der Waals surface area contributed by atoms with Gasteiger partial charge in [-0.25, -0.2) is 0 Å². The standard InChI is InChI=1S/C13H10.C12H25/c1-4-10-6-2-8-12-9-3-7-11(5-1)13(10)12;1-3-5-7-9-11-12-10-8-6-4-2/h1-8H,9H2;1,3-12H2,2H3. The molecule has 3 rings (SSSR count). The van der Waals surface area contributed by atoms with Gasteiger partial charge in [-0.15, -0.1) is 0 Å². The highest BCUT2D eigenvalue weighted by Gasteiger charge is 2.06. The summed E-state index contributed by atoms with van der Waals surface area (Å²) < 4.78 is 0. The molecule has 25 heavy (non-hydrogen) atoms. The fraction of sp³-hybridized carbons (Fsp3) is 0.480. The SMILES string of the molecule is C1=Cc2cccc3cccc(c23)C1.[CH2]CCCCCCCCCCC. The van der Waals surface area contributed by atoms with E-state index in [9.17, 15) is 0 Å². The molecule has 1 aliphatic carbocycles. The summed E-state index contributed by atoms with van der Waals surface area (Å²) in [6, 6.07) is 13.0. The van der Waals surface area contributed by atoms with Crippen LogP contribution >= 0.6 is 0 Å². The van der Waals surface area contributed by atoms with Crippen molar-refractivity contribution in [2.75, 3.05) is 0 Å². The number of allylic oxidation sites excluding steroid dienone is 1. The maximum atomic E-state index is 3.84. The molecule has 0 saturated carbocycles. The first-order valence-electron chi connectivity index (χ1n) is 10.3. The number of hydrogen-bond acceptors (Lipinski definition) is 0. The largest absolute Gasteiger partial charge is 0.0795 e. The van der Waals surface area contributed by atoms with Crippen LogP contribution < -0.4 is 0 Å². The molecule has 2 aromatic rings. The molecule has 0 aliphatic heterocycles. The Morgan fingerprint density at radius 2 is 1.44 bits per heavy atom. The molecule has 1 aliphatic rings. The van der Waals surface area contributed by atoms with Crippen LogP contribution in [0.3, 0.4) is 0 Å². The van der Waals surface area contributed by atoms with E-state index in [-0.39, 0.29) is 0 Å². The monoisotopic (exact) mass is 335 g/mol. The molecule has 0 atom stereocenters. The van der Waals surface area contributed by atoms with Gasteiger partial charge in [-0.2, -0.15) is 0 Å². The summed E-state index contributed by atoms with van der Waals surface area (Å²) in [4.78, 5) is 0. The Kier molecular flexibility index (Phi) is 9.41.